The summed E-state index contributed by atoms with van der Waals surface area (Å²) in [6, 6.07) is 1.80. The monoisotopic (exact) mass is 539 g/mol. The average molecular weight is 539 g/mol. The standard InChI is InChI=1S/C21H26N5O10P/c1-14-6-25(20(31)23-18(14)29)8-16(10-27)12-35-37(33,34-5-3-4-22)36-13-17(11-28)9-26-7-15(2)19(30)24-21(26)32/h6-9,27-28H,3,5,10-13H2,1-2H3,(H,23,29,31)(H,24,30,32)/b16-8-,17-9-. The van der Waals surface area contributed by atoms with Gasteiger partial charge in [0.15, 0.2) is 0 Å². The Balaban J connectivity index is 2.25. The fraction of sp³-hybridized carbons (Fsp3) is 0.381. The number of hydrogen-bond acceptors (Lipinski definition) is 11. The van der Waals surface area contributed by atoms with Crippen LogP contribution in [0.5, 0.6) is 0 Å². The van der Waals surface area contributed by atoms with Crippen LogP contribution in [0.25, 0.3) is 12.4 Å². The lowest BCUT2D eigenvalue weighted by atomic mass is 10.3. The summed E-state index contributed by atoms with van der Waals surface area (Å²) in [7, 11) is -4.40. The Hall–Kier alpha value is -3.64. The first-order chi connectivity index (χ1) is 17.5. The normalized spacial score (nSPS) is 13.8. The van der Waals surface area contributed by atoms with Gasteiger partial charge in [-0.15, -0.1) is 0 Å². The number of rotatable bonds is 13. The van der Waals surface area contributed by atoms with E-state index in [2.05, 4.69) is 9.97 Å². The maximum Gasteiger partial charge on any atom is 0.475 e. The third kappa shape index (κ3) is 8.76. The van der Waals surface area contributed by atoms with Crippen molar-refractivity contribution in [3.63, 3.8) is 0 Å². The van der Waals surface area contributed by atoms with E-state index in [4.69, 9.17) is 18.8 Å². The third-order valence-electron chi connectivity index (χ3n) is 4.62. The second kappa shape index (κ2) is 13.6. The van der Waals surface area contributed by atoms with Crippen molar-refractivity contribution in [3.05, 3.63) is 76.3 Å². The van der Waals surface area contributed by atoms with Crippen LogP contribution in [-0.2, 0) is 18.1 Å². The molecule has 0 fully saturated rings. The van der Waals surface area contributed by atoms with E-state index in [0.717, 1.165) is 21.5 Å². The fourth-order valence-electron chi connectivity index (χ4n) is 2.64. The summed E-state index contributed by atoms with van der Waals surface area (Å²) in [6.07, 6.45) is 4.63. The van der Waals surface area contributed by atoms with Crippen molar-refractivity contribution < 1.29 is 28.3 Å². The van der Waals surface area contributed by atoms with Gasteiger partial charge in [-0.25, -0.2) is 14.2 Å². The molecule has 0 aliphatic carbocycles. The molecule has 0 amide bonds. The number of aliphatic hydroxyl groups excluding tert-OH is 2. The molecule has 0 radical (unpaired) electrons. The summed E-state index contributed by atoms with van der Waals surface area (Å²) in [4.78, 5) is 51.2. The first kappa shape index (κ1) is 29.6. The van der Waals surface area contributed by atoms with Gasteiger partial charge >= 0.3 is 19.2 Å². The molecule has 4 N–H and O–H groups in total. The van der Waals surface area contributed by atoms with Crippen molar-refractivity contribution in [1.82, 2.24) is 19.1 Å². The molecule has 2 heterocycles. The van der Waals surface area contributed by atoms with Crippen molar-refractivity contribution in [2.45, 2.75) is 20.3 Å². The number of H-pyrrole nitrogens is 2. The Morgan fingerprint density at radius 2 is 1.35 bits per heavy atom. The highest BCUT2D eigenvalue weighted by Gasteiger charge is 2.28. The predicted octanol–water partition coefficient (Wildman–Crippen LogP) is -0.558. The number of aromatic amines is 2. The molecule has 0 spiro atoms. The number of aryl methyl sites for hydroxylation is 2. The average Bonchev–Trinajstić information content (AvgIpc) is 2.85. The summed E-state index contributed by atoms with van der Waals surface area (Å²) < 4.78 is 30.8. The minimum absolute atomic E-state index is 0.0504. The summed E-state index contributed by atoms with van der Waals surface area (Å²) in [6.45, 7) is 0.276. The van der Waals surface area contributed by atoms with E-state index in [1.54, 1.807) is 6.07 Å². The molecule has 0 aliphatic rings. The molecule has 15 nitrogen and oxygen atoms in total. The maximum atomic E-state index is 13.1. The Labute approximate surface area is 209 Å². The molecule has 0 unspecified atom stereocenters. The molecule has 0 bridgehead atoms. The molecule has 37 heavy (non-hydrogen) atoms. The SMILES string of the molecule is Cc1cn(/C=C(/CO)COP(=O)(OCCC#N)OC/C(=C\n2cc(C)c(=O)[nH]c2=O)CO)c(=O)[nH]c1=O. The number of hydrogen-bond donors (Lipinski definition) is 4. The number of aromatic nitrogens is 4. The summed E-state index contributed by atoms with van der Waals surface area (Å²) >= 11 is 0. The zero-order valence-corrected chi connectivity index (χ0v) is 20.9. The highest BCUT2D eigenvalue weighted by Crippen LogP contribution is 2.50. The highest BCUT2D eigenvalue weighted by atomic mass is 31.2. The minimum atomic E-state index is -4.40. The van der Waals surface area contributed by atoms with Crippen LogP contribution in [0.4, 0.5) is 0 Å². The maximum absolute atomic E-state index is 13.1. The number of nitriles is 1. The van der Waals surface area contributed by atoms with Crippen LogP contribution in [0.2, 0.25) is 0 Å². The van der Waals surface area contributed by atoms with E-state index in [1.807, 2.05) is 0 Å². The molecule has 200 valence electrons. The van der Waals surface area contributed by atoms with Crippen LogP contribution in [0.15, 0.2) is 42.7 Å². The second-order valence-corrected chi connectivity index (χ2v) is 9.25. The van der Waals surface area contributed by atoms with Crippen LogP contribution >= 0.6 is 7.82 Å². The van der Waals surface area contributed by atoms with E-state index in [1.165, 1.54) is 26.2 Å². The summed E-state index contributed by atoms with van der Waals surface area (Å²) in [5, 5.41) is 28.0. The van der Waals surface area contributed by atoms with Gasteiger partial charge in [-0.3, -0.25) is 42.3 Å². The van der Waals surface area contributed by atoms with Gasteiger partial charge in [-0.1, -0.05) is 0 Å². The Kier molecular flexibility index (Phi) is 10.9. The molecule has 0 saturated carbocycles. The number of phosphoric acid groups is 1. The van der Waals surface area contributed by atoms with Crippen molar-refractivity contribution in [1.29, 1.82) is 5.26 Å². The van der Waals surface area contributed by atoms with E-state index in [-0.39, 0.29) is 35.3 Å². The van der Waals surface area contributed by atoms with E-state index in [0.29, 0.717) is 0 Å². The summed E-state index contributed by atoms with van der Waals surface area (Å²) in [5.74, 6) is 0. The summed E-state index contributed by atoms with van der Waals surface area (Å²) in [5.41, 5.74) is -2.16. The van der Waals surface area contributed by atoms with Crippen molar-refractivity contribution >= 4 is 20.2 Å². The molecule has 16 heteroatoms. The molecule has 0 aliphatic heterocycles. The number of aliphatic hydroxyl groups is 2. The molecular weight excluding hydrogens is 513 g/mol. The Morgan fingerprint density at radius 3 is 1.73 bits per heavy atom. The van der Waals surface area contributed by atoms with Crippen LogP contribution in [-0.4, -0.2) is 62.3 Å². The lowest BCUT2D eigenvalue weighted by Gasteiger charge is -2.19. The molecular formula is C21H26N5O10P. The van der Waals surface area contributed by atoms with E-state index < -0.39 is 56.7 Å². The molecule has 0 saturated heterocycles. The van der Waals surface area contributed by atoms with Crippen molar-refractivity contribution in [2.24, 2.45) is 0 Å². The Bertz CT molecular complexity index is 1390. The zero-order chi connectivity index (χ0) is 27.6. The van der Waals surface area contributed by atoms with Crippen LogP contribution in [0.1, 0.15) is 17.5 Å². The zero-order valence-electron chi connectivity index (χ0n) is 20.0. The lowest BCUT2D eigenvalue weighted by molar-refractivity contribution is 0.124. The van der Waals surface area contributed by atoms with Gasteiger partial charge < -0.3 is 10.2 Å². The quantitative estimate of drug-likeness (QED) is 0.187. The van der Waals surface area contributed by atoms with E-state index in [9.17, 15) is 34.0 Å². The van der Waals surface area contributed by atoms with Gasteiger partial charge in [0.1, 0.15) is 0 Å². The van der Waals surface area contributed by atoms with Gasteiger partial charge in [-0.2, -0.15) is 5.26 Å². The number of phosphoric ester groups is 1. The first-order valence-electron chi connectivity index (χ1n) is 10.7. The fourth-order valence-corrected chi connectivity index (χ4v) is 3.83. The second-order valence-electron chi connectivity index (χ2n) is 7.58. The smallest absolute Gasteiger partial charge is 0.392 e. The van der Waals surface area contributed by atoms with Crippen LogP contribution in [0.3, 0.4) is 0 Å². The van der Waals surface area contributed by atoms with Gasteiger partial charge in [0.25, 0.3) is 11.1 Å². The van der Waals surface area contributed by atoms with Gasteiger partial charge in [0.05, 0.1) is 45.5 Å². The first-order valence-corrected chi connectivity index (χ1v) is 12.1. The predicted molar refractivity (Wildman–Crippen MR) is 131 cm³/mol. The lowest BCUT2D eigenvalue weighted by Crippen LogP contribution is -2.28. The van der Waals surface area contributed by atoms with Crippen LogP contribution in [0, 0.1) is 25.2 Å². The molecule has 2 aromatic heterocycles. The molecule has 2 aromatic rings. The largest absolute Gasteiger partial charge is 0.475 e. The van der Waals surface area contributed by atoms with Crippen LogP contribution < -0.4 is 22.5 Å². The highest BCUT2D eigenvalue weighted by molar-refractivity contribution is 7.48. The van der Waals surface area contributed by atoms with Gasteiger partial charge in [0.2, 0.25) is 0 Å². The third-order valence-corrected chi connectivity index (χ3v) is 6.01. The van der Waals surface area contributed by atoms with Crippen molar-refractivity contribution in [3.8, 4) is 6.07 Å². The van der Waals surface area contributed by atoms with E-state index >= 15 is 0 Å². The topological polar surface area (TPSA) is 219 Å². The van der Waals surface area contributed by atoms with Crippen molar-refractivity contribution in [2.75, 3.05) is 33.0 Å². The minimum Gasteiger partial charge on any atom is -0.392 e. The Morgan fingerprint density at radius 1 is 0.919 bits per heavy atom. The molecule has 0 aromatic carbocycles. The van der Waals surface area contributed by atoms with Gasteiger partial charge in [0, 0.05) is 35.9 Å². The molecule has 2 rings (SSSR count). The van der Waals surface area contributed by atoms with Gasteiger partial charge in [-0.05, 0) is 25.0 Å². The molecule has 0 atom stereocenters. The number of nitrogens with one attached hydrogen (secondary N) is 2. The number of nitrogens with zero attached hydrogens (tertiary/aromatic N) is 3.